The number of aliphatic hydroxyl groups excluding tert-OH is 1. The highest BCUT2D eigenvalue weighted by Crippen LogP contribution is 2.28. The second-order valence-electron chi connectivity index (χ2n) is 3.52. The van der Waals surface area contributed by atoms with Gasteiger partial charge in [0.15, 0.2) is 9.84 Å². The molecular weight excluding hydrogens is 355 g/mol. The van der Waals surface area contributed by atoms with E-state index in [-0.39, 0.29) is 5.75 Å². The zero-order valence-corrected chi connectivity index (χ0v) is 12.6. The van der Waals surface area contributed by atoms with Gasteiger partial charge in [0.1, 0.15) is 15.1 Å². The summed E-state index contributed by atoms with van der Waals surface area (Å²) in [5, 5.41) is 9.99. The van der Waals surface area contributed by atoms with Crippen molar-refractivity contribution in [2.45, 2.75) is 16.3 Å². The molecule has 1 aromatic rings. The third kappa shape index (κ3) is 3.56. The van der Waals surface area contributed by atoms with Gasteiger partial charge in [-0.15, -0.1) is 0 Å². The maximum Gasteiger partial charge on any atom is 0.164 e. The highest BCUT2D eigenvalue weighted by Gasteiger charge is 2.29. The van der Waals surface area contributed by atoms with Gasteiger partial charge in [-0.05, 0) is 17.7 Å². The Kier molecular flexibility index (Phi) is 5.21. The average Bonchev–Trinajstić information content (AvgIpc) is 2.37. The van der Waals surface area contributed by atoms with Crippen LogP contribution in [0.1, 0.15) is 18.6 Å². The normalized spacial score (nSPS) is 15.3. The van der Waals surface area contributed by atoms with Gasteiger partial charge in [-0.25, -0.2) is 8.42 Å². The molecule has 0 amide bonds. The molecule has 0 fully saturated rings. The van der Waals surface area contributed by atoms with E-state index in [2.05, 4.69) is 0 Å². The molecule has 0 aliphatic rings. The number of benzene rings is 1. The van der Waals surface area contributed by atoms with Crippen molar-refractivity contribution >= 4 is 32.4 Å². The molecule has 0 heterocycles. The summed E-state index contributed by atoms with van der Waals surface area (Å²) in [4.78, 5) is 0. The molecule has 0 aliphatic heterocycles. The van der Waals surface area contributed by atoms with Crippen molar-refractivity contribution in [2.24, 2.45) is 0 Å². The van der Waals surface area contributed by atoms with E-state index in [1.807, 2.05) is 0 Å². The van der Waals surface area contributed by atoms with Gasteiger partial charge in [0, 0.05) is 5.75 Å². The Morgan fingerprint density at radius 1 is 1.35 bits per heavy atom. The van der Waals surface area contributed by atoms with E-state index < -0.39 is 19.2 Å². The maximum atomic E-state index is 11.6. The Morgan fingerprint density at radius 3 is 2.29 bits per heavy atom. The molecule has 1 N–H and O–H groups in total. The van der Waals surface area contributed by atoms with Crippen molar-refractivity contribution in [3.05, 3.63) is 29.8 Å². The lowest BCUT2D eigenvalue weighted by Gasteiger charge is -2.17. The molecule has 0 aromatic heterocycles. The molecule has 1 rings (SSSR count). The maximum absolute atomic E-state index is 11.6. The lowest BCUT2D eigenvalue weighted by atomic mass is 10.1. The monoisotopic (exact) mass is 370 g/mol. The number of methoxy groups -OCH3 is 1. The Hall–Kier alpha value is -0.340. The highest BCUT2D eigenvalue weighted by molar-refractivity contribution is 14.1. The first-order chi connectivity index (χ1) is 7.92. The van der Waals surface area contributed by atoms with Gasteiger partial charge in [-0.1, -0.05) is 41.6 Å². The predicted molar refractivity (Wildman–Crippen MR) is 75.2 cm³/mol. The molecule has 0 bridgehead atoms. The van der Waals surface area contributed by atoms with Crippen LogP contribution < -0.4 is 4.74 Å². The number of sulfone groups is 1. The summed E-state index contributed by atoms with van der Waals surface area (Å²) < 4.78 is 27.5. The SMILES string of the molecule is CCS(=O)(=O)[C@@H](I)[C@H](O)c1ccc(OC)cc1. The fourth-order valence-electron chi connectivity index (χ4n) is 1.31. The van der Waals surface area contributed by atoms with Crippen LogP contribution >= 0.6 is 22.6 Å². The Bertz CT molecular complexity index is 455. The topological polar surface area (TPSA) is 63.6 Å². The van der Waals surface area contributed by atoms with Crippen LogP contribution in [0.25, 0.3) is 0 Å². The van der Waals surface area contributed by atoms with Crippen molar-refractivity contribution in [3.63, 3.8) is 0 Å². The summed E-state index contributed by atoms with van der Waals surface area (Å²) in [6, 6.07) is 6.72. The summed E-state index contributed by atoms with van der Waals surface area (Å²) in [6.07, 6.45) is -1.02. The van der Waals surface area contributed by atoms with Crippen LogP contribution in [0.5, 0.6) is 5.75 Å². The van der Waals surface area contributed by atoms with Crippen molar-refractivity contribution < 1.29 is 18.3 Å². The molecule has 0 spiro atoms. The molecule has 0 saturated heterocycles. The number of halogens is 1. The van der Waals surface area contributed by atoms with Crippen LogP contribution in [-0.2, 0) is 9.84 Å². The molecule has 0 saturated carbocycles. The molecule has 6 heteroatoms. The van der Waals surface area contributed by atoms with Gasteiger partial charge in [0.05, 0.1) is 7.11 Å². The van der Waals surface area contributed by atoms with E-state index in [0.29, 0.717) is 11.3 Å². The number of aliphatic hydroxyl groups is 1. The quantitative estimate of drug-likeness (QED) is 0.636. The number of alkyl halides is 1. The summed E-state index contributed by atoms with van der Waals surface area (Å²) in [6.45, 7) is 1.57. The molecule has 4 nitrogen and oxygen atoms in total. The van der Waals surface area contributed by atoms with Crippen LogP contribution in [0.2, 0.25) is 0 Å². The Morgan fingerprint density at radius 2 is 1.88 bits per heavy atom. The first-order valence-corrected chi connectivity index (χ1v) is 8.06. The van der Waals surface area contributed by atoms with Crippen LogP contribution in [0.4, 0.5) is 0 Å². The summed E-state index contributed by atoms with van der Waals surface area (Å²) in [5.41, 5.74) is 0.572. The minimum absolute atomic E-state index is 0.0216. The van der Waals surface area contributed by atoms with Crippen LogP contribution in [-0.4, -0.2) is 29.6 Å². The van der Waals surface area contributed by atoms with E-state index in [0.717, 1.165) is 0 Å². The van der Waals surface area contributed by atoms with Crippen molar-refractivity contribution in [1.82, 2.24) is 0 Å². The number of hydrogen-bond donors (Lipinski definition) is 1. The van der Waals surface area contributed by atoms with Gasteiger partial charge in [0.25, 0.3) is 0 Å². The molecular formula is C11H15IO4S. The van der Waals surface area contributed by atoms with Gasteiger partial charge in [-0.2, -0.15) is 0 Å². The lowest BCUT2D eigenvalue weighted by Crippen LogP contribution is -2.24. The van der Waals surface area contributed by atoms with Crippen molar-refractivity contribution in [3.8, 4) is 5.75 Å². The van der Waals surface area contributed by atoms with Gasteiger partial charge >= 0.3 is 0 Å². The average molecular weight is 370 g/mol. The summed E-state index contributed by atoms with van der Waals surface area (Å²) in [5.74, 6) is 0.692. The van der Waals surface area contributed by atoms with Crippen LogP contribution in [0.3, 0.4) is 0 Å². The fourth-order valence-corrected chi connectivity index (χ4v) is 3.67. The van der Waals surface area contributed by atoms with Crippen molar-refractivity contribution in [1.29, 1.82) is 0 Å². The van der Waals surface area contributed by atoms with E-state index >= 15 is 0 Å². The van der Waals surface area contributed by atoms with E-state index in [9.17, 15) is 13.5 Å². The van der Waals surface area contributed by atoms with Gasteiger partial charge < -0.3 is 9.84 Å². The zero-order chi connectivity index (χ0) is 13.1. The predicted octanol–water partition coefficient (Wildman–Crippen LogP) is 1.92. The first kappa shape index (κ1) is 14.7. The Labute approximate surface area is 115 Å². The third-order valence-corrected chi connectivity index (χ3v) is 7.21. The Balaban J connectivity index is 2.92. The smallest absolute Gasteiger partial charge is 0.164 e. The molecule has 96 valence electrons. The standard InChI is InChI=1S/C11H15IO4S/c1-3-17(14,15)11(12)10(13)8-4-6-9(16-2)7-5-8/h4-7,10-11,13H,3H2,1-2H3/t10-,11-/m1/s1. The van der Waals surface area contributed by atoms with E-state index in [1.54, 1.807) is 60.9 Å². The number of ether oxygens (including phenoxy) is 1. The van der Waals surface area contributed by atoms with Crippen molar-refractivity contribution in [2.75, 3.05) is 12.9 Å². The number of hydrogen-bond acceptors (Lipinski definition) is 4. The van der Waals surface area contributed by atoms with Gasteiger partial charge in [-0.3, -0.25) is 0 Å². The lowest BCUT2D eigenvalue weighted by molar-refractivity contribution is 0.197. The minimum Gasteiger partial charge on any atom is -0.497 e. The molecule has 0 unspecified atom stereocenters. The largest absolute Gasteiger partial charge is 0.497 e. The van der Waals surface area contributed by atoms with Gasteiger partial charge in [0.2, 0.25) is 0 Å². The summed E-state index contributed by atoms with van der Waals surface area (Å²) in [7, 11) is -1.71. The van der Waals surface area contributed by atoms with E-state index in [1.165, 1.54) is 0 Å². The highest BCUT2D eigenvalue weighted by atomic mass is 127. The third-order valence-electron chi connectivity index (χ3n) is 2.45. The molecule has 2 atom stereocenters. The van der Waals surface area contributed by atoms with E-state index in [4.69, 9.17) is 4.74 Å². The molecule has 1 aromatic carbocycles. The second kappa shape index (κ2) is 6.01. The fraction of sp³-hybridized carbons (Fsp3) is 0.455. The zero-order valence-electron chi connectivity index (χ0n) is 9.63. The molecule has 0 radical (unpaired) electrons. The number of rotatable bonds is 5. The molecule has 0 aliphatic carbocycles. The van der Waals surface area contributed by atoms with Crippen LogP contribution in [0, 0.1) is 0 Å². The van der Waals surface area contributed by atoms with Crippen LogP contribution in [0.15, 0.2) is 24.3 Å². The first-order valence-electron chi connectivity index (χ1n) is 5.10. The summed E-state index contributed by atoms with van der Waals surface area (Å²) >= 11 is 1.76. The molecule has 17 heavy (non-hydrogen) atoms. The second-order valence-corrected chi connectivity index (χ2v) is 8.12. The minimum atomic E-state index is -3.26.